The van der Waals surface area contributed by atoms with Gasteiger partial charge in [-0.15, -0.1) is 0 Å². The highest BCUT2D eigenvalue weighted by molar-refractivity contribution is 5.94. The molecule has 130 valence electrons. The van der Waals surface area contributed by atoms with Crippen molar-refractivity contribution in [1.82, 2.24) is 14.9 Å². The van der Waals surface area contributed by atoms with Crippen molar-refractivity contribution in [3.8, 4) is 0 Å². The van der Waals surface area contributed by atoms with Crippen LogP contribution in [0.5, 0.6) is 0 Å². The molecule has 0 bridgehead atoms. The third-order valence-electron chi connectivity index (χ3n) is 4.34. The van der Waals surface area contributed by atoms with Gasteiger partial charge in [-0.05, 0) is 33.1 Å². The second-order valence-electron chi connectivity index (χ2n) is 6.45. The maximum absolute atomic E-state index is 12.7. The lowest BCUT2D eigenvalue weighted by Gasteiger charge is -2.39. The van der Waals surface area contributed by atoms with Crippen LogP contribution in [0.3, 0.4) is 0 Å². The van der Waals surface area contributed by atoms with Crippen molar-refractivity contribution in [2.24, 2.45) is 5.41 Å². The van der Waals surface area contributed by atoms with Crippen LogP contribution in [0.4, 0.5) is 5.95 Å². The summed E-state index contributed by atoms with van der Waals surface area (Å²) in [5, 5.41) is 12.5. The van der Waals surface area contributed by atoms with Crippen LogP contribution in [0, 0.1) is 5.41 Å². The van der Waals surface area contributed by atoms with Crippen LogP contribution in [0.15, 0.2) is 24.0 Å². The molecule has 1 amide bonds. The van der Waals surface area contributed by atoms with E-state index in [9.17, 15) is 14.7 Å². The fourth-order valence-electron chi connectivity index (χ4n) is 2.88. The van der Waals surface area contributed by atoms with E-state index in [0.29, 0.717) is 37.3 Å². The molecule has 1 saturated heterocycles. The van der Waals surface area contributed by atoms with Gasteiger partial charge in [0.1, 0.15) is 0 Å². The lowest BCUT2D eigenvalue weighted by molar-refractivity contribution is -0.151. The molecule has 1 aromatic rings. The van der Waals surface area contributed by atoms with Crippen LogP contribution in [0.1, 0.15) is 43.5 Å². The molecule has 1 aliphatic heterocycles. The number of carbonyl (C=O) groups is 2. The molecule has 7 nitrogen and oxygen atoms in total. The number of carbonyl (C=O) groups excluding carboxylic acids is 1. The highest BCUT2D eigenvalue weighted by Gasteiger charge is 2.43. The molecule has 1 aliphatic rings. The van der Waals surface area contributed by atoms with Gasteiger partial charge < -0.3 is 15.3 Å². The van der Waals surface area contributed by atoms with Crippen molar-refractivity contribution >= 4 is 17.8 Å². The largest absolute Gasteiger partial charge is 0.481 e. The fraction of sp³-hybridized carbons (Fsp3) is 0.529. The molecule has 1 atom stereocenters. The molecule has 0 saturated carbocycles. The summed E-state index contributed by atoms with van der Waals surface area (Å²) in [5.74, 6) is -0.631. The van der Waals surface area contributed by atoms with E-state index in [4.69, 9.17) is 0 Å². The van der Waals surface area contributed by atoms with Crippen LogP contribution < -0.4 is 5.32 Å². The summed E-state index contributed by atoms with van der Waals surface area (Å²) < 4.78 is 0. The second-order valence-corrected chi connectivity index (χ2v) is 6.45. The SMILES string of the molecule is CNc1ncc(C(=O)N2CCC[C@](CC=C(C)C)(C(=O)O)C2)cn1. The minimum Gasteiger partial charge on any atom is -0.481 e. The van der Waals surface area contributed by atoms with E-state index in [1.165, 1.54) is 12.4 Å². The Kier molecular flexibility index (Phi) is 5.54. The molecule has 1 fully saturated rings. The van der Waals surface area contributed by atoms with E-state index in [-0.39, 0.29) is 12.5 Å². The summed E-state index contributed by atoms with van der Waals surface area (Å²) in [5.41, 5.74) is 0.532. The summed E-state index contributed by atoms with van der Waals surface area (Å²) in [6, 6.07) is 0. The number of allylic oxidation sites excluding steroid dienone is 2. The fourth-order valence-corrected chi connectivity index (χ4v) is 2.88. The highest BCUT2D eigenvalue weighted by atomic mass is 16.4. The van der Waals surface area contributed by atoms with E-state index < -0.39 is 11.4 Å². The predicted octanol–water partition coefficient (Wildman–Crippen LogP) is 2.18. The average molecular weight is 332 g/mol. The third kappa shape index (κ3) is 3.90. The monoisotopic (exact) mass is 332 g/mol. The van der Waals surface area contributed by atoms with Gasteiger partial charge in [-0.3, -0.25) is 9.59 Å². The zero-order valence-corrected chi connectivity index (χ0v) is 14.4. The molecular formula is C17H24N4O3. The number of aromatic nitrogens is 2. The van der Waals surface area contributed by atoms with E-state index >= 15 is 0 Å². The summed E-state index contributed by atoms with van der Waals surface area (Å²) in [4.78, 5) is 34.2. The number of amides is 1. The highest BCUT2D eigenvalue weighted by Crippen LogP contribution is 2.35. The molecule has 0 radical (unpaired) electrons. The van der Waals surface area contributed by atoms with Crippen molar-refractivity contribution < 1.29 is 14.7 Å². The summed E-state index contributed by atoms with van der Waals surface area (Å²) in [6.45, 7) is 4.65. The Bertz CT molecular complexity index is 638. The zero-order chi connectivity index (χ0) is 17.7. The van der Waals surface area contributed by atoms with Crippen molar-refractivity contribution in [2.45, 2.75) is 33.1 Å². The number of carboxylic acid groups (broad SMARTS) is 1. The van der Waals surface area contributed by atoms with Crippen LogP contribution in [0.2, 0.25) is 0 Å². The molecule has 0 aromatic carbocycles. The Morgan fingerprint density at radius 3 is 2.58 bits per heavy atom. The second kappa shape index (κ2) is 7.42. The van der Waals surface area contributed by atoms with Gasteiger partial charge in [0.25, 0.3) is 5.91 Å². The number of hydrogen-bond donors (Lipinski definition) is 2. The Morgan fingerprint density at radius 2 is 2.04 bits per heavy atom. The number of carboxylic acids is 1. The first kappa shape index (κ1) is 17.9. The molecule has 7 heteroatoms. The number of rotatable bonds is 5. The lowest BCUT2D eigenvalue weighted by atomic mass is 9.76. The number of hydrogen-bond acceptors (Lipinski definition) is 5. The first-order valence-corrected chi connectivity index (χ1v) is 8.04. The standard InChI is InChI=1S/C17H24N4O3/c1-12(2)5-7-17(15(23)24)6-4-8-21(11-17)14(22)13-9-19-16(18-3)20-10-13/h5,9-10H,4,6-8,11H2,1-3H3,(H,23,24)(H,18,19,20)/t17-/m1/s1. The smallest absolute Gasteiger partial charge is 0.311 e. The van der Waals surface area contributed by atoms with Gasteiger partial charge in [-0.1, -0.05) is 11.6 Å². The molecule has 2 heterocycles. The quantitative estimate of drug-likeness (QED) is 0.803. The first-order valence-electron chi connectivity index (χ1n) is 8.04. The van der Waals surface area contributed by atoms with Crippen molar-refractivity contribution in [3.63, 3.8) is 0 Å². The van der Waals surface area contributed by atoms with E-state index in [2.05, 4.69) is 15.3 Å². The summed E-state index contributed by atoms with van der Waals surface area (Å²) in [7, 11) is 1.70. The molecule has 0 aliphatic carbocycles. The topological polar surface area (TPSA) is 95.4 Å². The molecule has 1 aromatic heterocycles. The molecule has 24 heavy (non-hydrogen) atoms. The maximum atomic E-state index is 12.7. The zero-order valence-electron chi connectivity index (χ0n) is 14.4. The predicted molar refractivity (Wildman–Crippen MR) is 90.8 cm³/mol. The Labute approximate surface area is 141 Å². The Hall–Kier alpha value is -2.44. The van der Waals surface area contributed by atoms with Crippen LogP contribution in [-0.4, -0.2) is 52.0 Å². The number of anilines is 1. The third-order valence-corrected chi connectivity index (χ3v) is 4.34. The van der Waals surface area contributed by atoms with E-state index in [1.807, 2.05) is 19.9 Å². The number of aliphatic carboxylic acids is 1. The minimum atomic E-state index is -0.920. The van der Waals surface area contributed by atoms with Crippen LogP contribution in [0.25, 0.3) is 0 Å². The van der Waals surface area contributed by atoms with Crippen molar-refractivity contribution in [3.05, 3.63) is 29.6 Å². The Morgan fingerprint density at radius 1 is 1.38 bits per heavy atom. The van der Waals surface area contributed by atoms with Crippen LogP contribution in [-0.2, 0) is 4.79 Å². The van der Waals surface area contributed by atoms with Crippen molar-refractivity contribution in [1.29, 1.82) is 0 Å². The summed E-state index contributed by atoms with van der Waals surface area (Å²) >= 11 is 0. The Balaban J connectivity index is 2.19. The normalized spacial score (nSPS) is 20.4. The van der Waals surface area contributed by atoms with Gasteiger partial charge in [-0.25, -0.2) is 9.97 Å². The number of piperidine rings is 1. The molecular weight excluding hydrogens is 308 g/mol. The van der Waals surface area contributed by atoms with Gasteiger partial charge in [0.15, 0.2) is 0 Å². The maximum Gasteiger partial charge on any atom is 0.311 e. The van der Waals surface area contributed by atoms with Gasteiger partial charge in [0.05, 0.1) is 11.0 Å². The van der Waals surface area contributed by atoms with E-state index in [0.717, 1.165) is 5.57 Å². The number of likely N-dealkylation sites (tertiary alicyclic amines) is 1. The molecule has 2 N–H and O–H groups in total. The van der Waals surface area contributed by atoms with Gasteiger partial charge in [0.2, 0.25) is 5.95 Å². The van der Waals surface area contributed by atoms with E-state index in [1.54, 1.807) is 11.9 Å². The average Bonchev–Trinajstić information content (AvgIpc) is 2.59. The molecule has 2 rings (SSSR count). The van der Waals surface area contributed by atoms with Gasteiger partial charge in [-0.2, -0.15) is 0 Å². The number of nitrogens with one attached hydrogen (secondary N) is 1. The van der Waals surface area contributed by atoms with Crippen LogP contribution >= 0.6 is 0 Å². The first-order chi connectivity index (χ1) is 11.4. The minimum absolute atomic E-state index is 0.207. The van der Waals surface area contributed by atoms with Crippen molar-refractivity contribution in [2.75, 3.05) is 25.5 Å². The summed E-state index contributed by atoms with van der Waals surface area (Å²) in [6.07, 6.45) is 6.55. The van der Waals surface area contributed by atoms with Gasteiger partial charge >= 0.3 is 5.97 Å². The van der Waals surface area contributed by atoms with Gasteiger partial charge in [0, 0.05) is 32.5 Å². The molecule has 0 spiro atoms. The molecule has 0 unspecified atom stereocenters. The number of nitrogens with zero attached hydrogens (tertiary/aromatic N) is 3. The lowest BCUT2D eigenvalue weighted by Crippen LogP contribution is -2.49.